The van der Waals surface area contributed by atoms with Crippen LogP contribution in [-0.4, -0.2) is 144 Å². The summed E-state index contributed by atoms with van der Waals surface area (Å²) in [7, 11) is 0. The van der Waals surface area contributed by atoms with Crippen LogP contribution < -0.4 is 45.9 Å². The number of hydrogen-bond donors (Lipinski definition) is 11. The zero-order chi connectivity index (χ0) is 98.3. The quantitative estimate of drug-likeness (QED) is 0.00427. The van der Waals surface area contributed by atoms with Crippen LogP contribution in [0.5, 0.6) is 0 Å². The first-order chi connectivity index (χ1) is 62.1. The van der Waals surface area contributed by atoms with Gasteiger partial charge in [-0.15, -0.1) is 15.3 Å². The SMILES string of the molecule is CC(=NCC(=N)N)c1cc(CC(=O)Cc2cccc(CC(=O)c3cc(/C(C)=N/N=C(N)N)cc(/C(C)=N/N=C(N)N)c3)c2)cc(/C(C)=N/N=C(N)N)c1.CC(=O)c1cc(CC(=O)Cc2cccc(CC(=O)Cc3cc(C(C)=O)cc(C(C)=O)c3)c2)cc(C(C)=O)c1.CC(=O)c1cc(N)cc(C(C)=O)c1.O=C(Cl)Cc1cccc(CC(=O)Cl)c1.O=C(O)Cc1cccc(CC(=O)O)c1. The lowest BCUT2D eigenvalue weighted by atomic mass is 9.94. The molecule has 0 atom stereocenters. The molecule has 0 unspecified atom stereocenters. The molecule has 0 heterocycles. The van der Waals surface area contributed by atoms with E-state index in [1.807, 2.05) is 60.7 Å². The molecule has 132 heavy (non-hydrogen) atoms. The normalized spacial score (nSPS) is 11.0. The summed E-state index contributed by atoms with van der Waals surface area (Å²) in [6.45, 7) is 15.5. The molecular formula is C98H104Cl2N16O16. The van der Waals surface area contributed by atoms with Crippen molar-refractivity contribution in [2.24, 2.45) is 75.7 Å². The lowest BCUT2D eigenvalue weighted by molar-refractivity contribution is -0.137. The second-order valence-corrected chi connectivity index (χ2v) is 31.4. The van der Waals surface area contributed by atoms with Crippen molar-refractivity contribution in [3.63, 3.8) is 0 Å². The van der Waals surface area contributed by atoms with Gasteiger partial charge in [-0.05, 0) is 267 Å². The van der Waals surface area contributed by atoms with E-state index in [4.69, 9.17) is 84.7 Å². The molecule has 0 radical (unpaired) electrons. The van der Waals surface area contributed by atoms with Crippen LogP contribution in [0, 0.1) is 5.41 Å². The monoisotopic (exact) mass is 1830 g/mol. The maximum Gasteiger partial charge on any atom is 0.307 e. The van der Waals surface area contributed by atoms with Gasteiger partial charge in [0.05, 0.1) is 36.5 Å². The van der Waals surface area contributed by atoms with Crippen LogP contribution in [0.15, 0.2) is 224 Å². The van der Waals surface area contributed by atoms with Gasteiger partial charge in [-0.25, -0.2) is 0 Å². The van der Waals surface area contributed by atoms with E-state index in [0.717, 1.165) is 44.5 Å². The third-order valence-electron chi connectivity index (χ3n) is 18.9. The molecule has 0 saturated carbocycles. The van der Waals surface area contributed by atoms with E-state index in [1.165, 1.54) is 53.7 Å². The highest BCUT2D eigenvalue weighted by molar-refractivity contribution is 6.64. The van der Waals surface area contributed by atoms with E-state index >= 15 is 0 Å². The number of benzene rings is 9. The van der Waals surface area contributed by atoms with Gasteiger partial charge >= 0.3 is 11.9 Å². The van der Waals surface area contributed by atoms with Crippen LogP contribution in [0.1, 0.15) is 225 Å². The molecule has 0 saturated heterocycles. The molecule has 686 valence electrons. The number of carboxylic acids is 2. The number of nitrogen functional groups attached to an aromatic ring is 1. The van der Waals surface area contributed by atoms with Crippen LogP contribution in [0.25, 0.3) is 0 Å². The highest BCUT2D eigenvalue weighted by Gasteiger charge is 2.20. The molecule has 9 aromatic carbocycles. The molecule has 32 nitrogen and oxygen atoms in total. The third-order valence-corrected chi connectivity index (χ3v) is 19.1. The lowest BCUT2D eigenvalue weighted by Crippen LogP contribution is -2.22. The molecular weight excluding hydrogens is 1730 g/mol. The van der Waals surface area contributed by atoms with E-state index in [9.17, 15) is 67.1 Å². The largest absolute Gasteiger partial charge is 0.481 e. The summed E-state index contributed by atoms with van der Waals surface area (Å²) < 4.78 is 0. The molecule has 19 N–H and O–H groups in total. The van der Waals surface area contributed by atoms with Gasteiger partial charge in [-0.3, -0.25) is 77.5 Å². The number of carboxylic acid groups (broad SMARTS) is 2. The number of aliphatic imine (C=N–C) groups is 1. The highest BCUT2D eigenvalue weighted by Crippen LogP contribution is 2.23. The molecule has 0 aliphatic rings. The van der Waals surface area contributed by atoms with Crippen molar-refractivity contribution in [1.29, 1.82) is 5.41 Å². The Morgan fingerprint density at radius 2 is 0.492 bits per heavy atom. The Bertz CT molecular complexity index is 5780. The molecule has 34 heteroatoms. The van der Waals surface area contributed by atoms with Gasteiger partial charge in [0, 0.05) is 108 Å². The average molecular weight is 1830 g/mol. The van der Waals surface area contributed by atoms with Crippen molar-refractivity contribution in [3.05, 3.63) is 310 Å². The molecule has 0 aliphatic heterocycles. The van der Waals surface area contributed by atoms with Gasteiger partial charge < -0.3 is 56.1 Å². The van der Waals surface area contributed by atoms with Crippen molar-refractivity contribution >= 4 is 156 Å². The number of ketones is 10. The van der Waals surface area contributed by atoms with Gasteiger partial charge in [-0.1, -0.05) is 97.1 Å². The number of halogens is 2. The van der Waals surface area contributed by atoms with E-state index in [1.54, 1.807) is 143 Å². The topological polar surface area (TPSA) is 598 Å². The van der Waals surface area contributed by atoms with Crippen molar-refractivity contribution in [2.45, 2.75) is 140 Å². The summed E-state index contributed by atoms with van der Waals surface area (Å²) in [5, 5.41) is 47.1. The van der Waals surface area contributed by atoms with Crippen LogP contribution in [-0.2, 0) is 104 Å². The second-order valence-electron chi connectivity index (χ2n) is 30.6. The zero-order valence-electron chi connectivity index (χ0n) is 74.5. The number of Topliss-reactive ketones (excluding diaryl/α,β-unsaturated/α-hetero) is 10. The lowest BCUT2D eigenvalue weighted by Gasteiger charge is -2.11. The highest BCUT2D eigenvalue weighted by atomic mass is 35.5. The van der Waals surface area contributed by atoms with Gasteiger partial charge in [0.2, 0.25) is 28.4 Å². The van der Waals surface area contributed by atoms with Crippen molar-refractivity contribution < 1.29 is 77.3 Å². The molecule has 0 aromatic heterocycles. The first-order valence-electron chi connectivity index (χ1n) is 40.6. The Morgan fingerprint density at radius 3 is 0.750 bits per heavy atom. The fraction of sp³-hybridized carbons (Fsp3) is 0.224. The van der Waals surface area contributed by atoms with Crippen LogP contribution >= 0.6 is 23.2 Å². The number of carbonyl (C=O) groups is 14. The van der Waals surface area contributed by atoms with Gasteiger partial charge in [-0.2, -0.15) is 15.3 Å². The number of amidine groups is 1. The van der Waals surface area contributed by atoms with Crippen LogP contribution in [0.2, 0.25) is 0 Å². The van der Waals surface area contributed by atoms with E-state index < -0.39 is 22.4 Å². The van der Waals surface area contributed by atoms with Crippen molar-refractivity contribution in [2.75, 3.05) is 12.3 Å². The summed E-state index contributed by atoms with van der Waals surface area (Å²) >= 11 is 10.5. The number of nitrogens with zero attached hydrogens (tertiary/aromatic N) is 7. The first kappa shape index (κ1) is 107. The van der Waals surface area contributed by atoms with Crippen LogP contribution in [0.4, 0.5) is 5.69 Å². The van der Waals surface area contributed by atoms with Gasteiger partial charge in [0.25, 0.3) is 0 Å². The summed E-state index contributed by atoms with van der Waals surface area (Å²) in [5.74, 6) is -3.82. The summed E-state index contributed by atoms with van der Waals surface area (Å²) in [6, 6.07) is 53.2. The maximum atomic E-state index is 13.7. The molecule has 9 aromatic rings. The fourth-order valence-electron chi connectivity index (χ4n) is 12.7. The Balaban J connectivity index is 0.000000333. The molecule has 0 bridgehead atoms. The molecule has 9 rings (SSSR count). The van der Waals surface area contributed by atoms with E-state index in [-0.39, 0.29) is 159 Å². The number of nitrogens with one attached hydrogen (secondary N) is 1. The standard InChI is InChI=1S/C36H45N15O2.C32H30O6.C10H8Cl2O2.C10H11NO2.C10H10O4/c1-19(45-18-33(37)38)26-9-25(10-27(14-26)20(2)46-49-34(39)40)12-31(52)11-23-6-5-7-24(8-23)13-32(53)30-16-28(21(3)47-50-35(41)42)15-29(17-30)22(4)48-51-36(43)44;1-19(33)27-9-25(10-28(17-27)20(2)34)15-31(37)13-23-6-5-7-24(8-23)14-32(38)16-26-11-29(21(3)35)18-30(12-26)22(4)36;11-9(13)5-7-2-1-3-8(4-7)6-10(12)14;1-6(12)8-3-9(7(2)13)5-10(11)4-8;11-9(12)5-7-2-1-3-8(4-7)6-10(13)14/h5-10,14-17H,11-13,18H2,1-4H3,(H3,37,38)(H4,39,40,49)(H4,41,42,50)(H4,43,44,51);5-12,17-18H,13-16H2,1-4H3;1-4H,5-6H2;3-5H,11H2,1-2H3;1-4H,5-6H2,(H,11,12)(H,13,14)/b45-19?,46-20+,47-21+,48-22+;;;;. The predicted octanol–water partition coefficient (Wildman–Crippen LogP) is 11.3. The Hall–Kier alpha value is -15.7. The zero-order valence-corrected chi connectivity index (χ0v) is 76.0. The second kappa shape index (κ2) is 52.6. The number of aliphatic carboxylic acids is 2. The molecule has 0 fully saturated rings. The molecule has 0 aliphatic carbocycles. The smallest absolute Gasteiger partial charge is 0.307 e. The average Bonchev–Trinajstić information content (AvgIpc) is 0.850. The Kier molecular flexibility index (Phi) is 42.5. The number of hydrogen-bond acceptors (Lipinski definition) is 23. The number of guanidine groups is 3. The fourth-order valence-corrected chi connectivity index (χ4v) is 13.0. The third kappa shape index (κ3) is 39.7. The minimum atomic E-state index is -0.919. The summed E-state index contributed by atoms with van der Waals surface area (Å²) in [6.07, 6.45) is 0.924. The Labute approximate surface area is 772 Å². The number of carbonyl (C=O) groups excluding carboxylic acids is 12. The summed E-state index contributed by atoms with van der Waals surface area (Å²) in [4.78, 5) is 168. The maximum absolute atomic E-state index is 13.7. The first-order valence-corrected chi connectivity index (χ1v) is 41.3. The van der Waals surface area contributed by atoms with Gasteiger partial charge in [0.15, 0.2) is 40.5 Å². The van der Waals surface area contributed by atoms with Gasteiger partial charge in [0.1, 0.15) is 23.2 Å². The predicted molar refractivity (Wildman–Crippen MR) is 513 cm³/mol. The van der Waals surface area contributed by atoms with Crippen LogP contribution in [0.3, 0.4) is 0 Å². The number of rotatable bonds is 38. The van der Waals surface area contributed by atoms with E-state index in [2.05, 4.69) is 35.6 Å². The Morgan fingerprint density at radius 1 is 0.273 bits per heavy atom. The molecule has 0 spiro atoms. The van der Waals surface area contributed by atoms with E-state index in [0.29, 0.717) is 106 Å². The van der Waals surface area contributed by atoms with Crippen molar-refractivity contribution in [1.82, 2.24) is 0 Å². The number of anilines is 1. The molecule has 0 amide bonds. The minimum Gasteiger partial charge on any atom is -0.481 e. The minimum absolute atomic E-state index is 0.0392. The summed E-state index contributed by atoms with van der Waals surface area (Å²) in [5.41, 5.74) is 59.4. The van der Waals surface area contributed by atoms with Crippen molar-refractivity contribution in [3.8, 4) is 0 Å². The number of nitrogens with two attached hydrogens (primary N) is 8.